The number of halogens is 4. The number of alkyl halides is 3. The summed E-state index contributed by atoms with van der Waals surface area (Å²) in [6.07, 6.45) is -3.32. The van der Waals surface area contributed by atoms with Gasteiger partial charge in [-0.15, -0.1) is 0 Å². The van der Waals surface area contributed by atoms with Crippen LogP contribution >= 0.6 is 0 Å². The number of amides is 1. The molecule has 7 nitrogen and oxygen atoms in total. The molecule has 2 aromatic rings. The van der Waals surface area contributed by atoms with Crippen molar-refractivity contribution in [2.45, 2.75) is 17.6 Å². The van der Waals surface area contributed by atoms with Gasteiger partial charge >= 0.3 is 6.18 Å². The van der Waals surface area contributed by atoms with Crippen molar-refractivity contribution in [1.82, 2.24) is 14.6 Å². The summed E-state index contributed by atoms with van der Waals surface area (Å²) in [5.74, 6) is -2.09. The minimum atomic E-state index is -4.56. The fourth-order valence-electron chi connectivity index (χ4n) is 2.16. The second kappa shape index (κ2) is 8.74. The Morgan fingerprint density at radius 1 is 1.24 bits per heavy atom. The van der Waals surface area contributed by atoms with Gasteiger partial charge in [0.25, 0.3) is 5.91 Å². The van der Waals surface area contributed by atoms with Crippen LogP contribution in [0.4, 0.5) is 17.6 Å². The van der Waals surface area contributed by atoms with E-state index in [1.54, 1.807) is 0 Å². The molecular weight excluding hydrogens is 418 g/mol. The number of sulfonamides is 1. The van der Waals surface area contributed by atoms with E-state index in [0.29, 0.717) is 0 Å². The first-order valence-corrected chi connectivity index (χ1v) is 9.49. The molecule has 12 heteroatoms. The zero-order valence-corrected chi connectivity index (χ0v) is 16.1. The van der Waals surface area contributed by atoms with E-state index in [9.17, 15) is 30.8 Å². The molecule has 0 fully saturated rings. The van der Waals surface area contributed by atoms with E-state index in [-0.39, 0.29) is 23.6 Å². The topological polar surface area (TPSA) is 88.6 Å². The van der Waals surface area contributed by atoms with Crippen LogP contribution in [0.2, 0.25) is 0 Å². The number of aromatic nitrogens is 1. The van der Waals surface area contributed by atoms with Crippen molar-refractivity contribution < 1.29 is 35.5 Å². The summed E-state index contributed by atoms with van der Waals surface area (Å²) in [6, 6.07) is 5.66. The highest BCUT2D eigenvalue weighted by Gasteiger charge is 2.29. The lowest BCUT2D eigenvalue weighted by atomic mass is 10.2. The molecule has 0 radical (unpaired) electrons. The highest BCUT2D eigenvalue weighted by molar-refractivity contribution is 7.89. The Hall–Kier alpha value is -2.73. The van der Waals surface area contributed by atoms with Crippen LogP contribution in [-0.4, -0.2) is 50.5 Å². The van der Waals surface area contributed by atoms with E-state index < -0.39 is 39.4 Å². The summed E-state index contributed by atoms with van der Waals surface area (Å²) in [4.78, 5) is 15.4. The van der Waals surface area contributed by atoms with Crippen LogP contribution in [0.1, 0.15) is 15.9 Å². The fourth-order valence-corrected chi connectivity index (χ4v) is 3.14. The van der Waals surface area contributed by atoms with Gasteiger partial charge in [-0.3, -0.25) is 4.79 Å². The lowest BCUT2D eigenvalue weighted by molar-refractivity contribution is -0.154. The predicted octanol–water partition coefficient (Wildman–Crippen LogP) is 2.34. The molecule has 1 aromatic carbocycles. The third-order valence-electron chi connectivity index (χ3n) is 3.61. The monoisotopic (exact) mass is 435 g/mol. The van der Waals surface area contributed by atoms with Crippen molar-refractivity contribution in [3.8, 4) is 5.88 Å². The summed E-state index contributed by atoms with van der Waals surface area (Å²) in [7, 11) is -1.69. The molecule has 158 valence electrons. The van der Waals surface area contributed by atoms with Crippen molar-refractivity contribution >= 4 is 15.9 Å². The Morgan fingerprint density at radius 2 is 1.93 bits per heavy atom. The molecule has 0 bridgehead atoms. The Kier molecular flexibility index (Phi) is 6.80. The van der Waals surface area contributed by atoms with Crippen LogP contribution in [0.25, 0.3) is 0 Å². The summed E-state index contributed by atoms with van der Waals surface area (Å²) < 4.78 is 80.6. The molecule has 1 aromatic heterocycles. The quantitative estimate of drug-likeness (QED) is 0.675. The summed E-state index contributed by atoms with van der Waals surface area (Å²) >= 11 is 0. The maximum Gasteiger partial charge on any atom is 0.422 e. The third-order valence-corrected chi connectivity index (χ3v) is 5.44. The lowest BCUT2D eigenvalue weighted by Gasteiger charge is -2.14. The number of hydrogen-bond acceptors (Lipinski definition) is 5. The normalized spacial score (nSPS) is 12.1. The van der Waals surface area contributed by atoms with Crippen LogP contribution in [0, 0.1) is 5.82 Å². The molecule has 29 heavy (non-hydrogen) atoms. The molecule has 1 N–H and O–H groups in total. The minimum absolute atomic E-state index is 0.145. The molecular formula is C17H17F4N3O4S. The van der Waals surface area contributed by atoms with Gasteiger partial charge in [0.15, 0.2) is 6.61 Å². The highest BCUT2D eigenvalue weighted by Crippen LogP contribution is 2.21. The van der Waals surface area contributed by atoms with Crippen molar-refractivity contribution in [3.05, 3.63) is 53.5 Å². The molecule has 1 amide bonds. The number of nitrogens with one attached hydrogen (secondary N) is 1. The zero-order valence-electron chi connectivity index (χ0n) is 15.3. The number of rotatable bonds is 7. The zero-order chi connectivity index (χ0) is 21.8. The summed E-state index contributed by atoms with van der Waals surface area (Å²) in [5, 5.41) is 2.41. The minimum Gasteiger partial charge on any atom is -0.468 e. The smallest absolute Gasteiger partial charge is 0.422 e. The van der Waals surface area contributed by atoms with Crippen molar-refractivity contribution in [1.29, 1.82) is 0 Å². The third kappa shape index (κ3) is 5.87. The number of pyridine rings is 1. The van der Waals surface area contributed by atoms with Crippen LogP contribution in [0.3, 0.4) is 0 Å². The number of ether oxygens (including phenoxy) is 1. The Morgan fingerprint density at radius 3 is 2.55 bits per heavy atom. The second-order valence-electron chi connectivity index (χ2n) is 5.99. The molecule has 0 atom stereocenters. The van der Waals surface area contributed by atoms with Crippen molar-refractivity contribution in [2.24, 2.45) is 0 Å². The average Bonchev–Trinajstić information content (AvgIpc) is 2.64. The van der Waals surface area contributed by atoms with E-state index in [2.05, 4.69) is 15.0 Å². The number of carbonyl (C=O) groups is 1. The van der Waals surface area contributed by atoms with E-state index >= 15 is 0 Å². The molecule has 0 aliphatic carbocycles. The van der Waals surface area contributed by atoms with Gasteiger partial charge in [-0.1, -0.05) is 6.07 Å². The van der Waals surface area contributed by atoms with Gasteiger partial charge in [-0.05, 0) is 24.3 Å². The van der Waals surface area contributed by atoms with Gasteiger partial charge in [0.1, 0.15) is 10.7 Å². The average molecular weight is 435 g/mol. The van der Waals surface area contributed by atoms with Crippen LogP contribution < -0.4 is 10.1 Å². The number of hydrogen-bond donors (Lipinski definition) is 1. The fraction of sp³-hybridized carbons (Fsp3) is 0.294. The van der Waals surface area contributed by atoms with Gasteiger partial charge in [0.2, 0.25) is 15.9 Å². The van der Waals surface area contributed by atoms with Gasteiger partial charge in [0.05, 0.1) is 0 Å². The van der Waals surface area contributed by atoms with E-state index in [0.717, 1.165) is 22.5 Å². The van der Waals surface area contributed by atoms with Gasteiger partial charge in [-0.25, -0.2) is 22.1 Å². The van der Waals surface area contributed by atoms with E-state index in [4.69, 9.17) is 0 Å². The van der Waals surface area contributed by atoms with E-state index in [1.165, 1.54) is 32.4 Å². The Bertz CT molecular complexity index is 994. The maximum atomic E-state index is 13.9. The highest BCUT2D eigenvalue weighted by atomic mass is 32.2. The first kappa shape index (κ1) is 22.6. The van der Waals surface area contributed by atoms with Crippen LogP contribution in [-0.2, 0) is 16.6 Å². The van der Waals surface area contributed by atoms with Gasteiger partial charge < -0.3 is 10.1 Å². The number of carbonyl (C=O) groups excluding carboxylic acids is 1. The van der Waals surface area contributed by atoms with Crippen LogP contribution in [0.5, 0.6) is 5.88 Å². The van der Waals surface area contributed by atoms with Gasteiger partial charge in [-0.2, -0.15) is 13.2 Å². The molecule has 0 unspecified atom stereocenters. The predicted molar refractivity (Wildman–Crippen MR) is 94.2 cm³/mol. The largest absolute Gasteiger partial charge is 0.468 e. The number of nitrogens with zero attached hydrogens (tertiary/aromatic N) is 2. The number of benzene rings is 1. The lowest BCUT2D eigenvalue weighted by Crippen LogP contribution is -2.26. The van der Waals surface area contributed by atoms with Crippen molar-refractivity contribution in [3.63, 3.8) is 0 Å². The second-order valence-corrected chi connectivity index (χ2v) is 8.11. The molecule has 0 saturated heterocycles. The Labute approximate surface area is 164 Å². The summed E-state index contributed by atoms with van der Waals surface area (Å²) in [6.45, 7) is -1.79. The van der Waals surface area contributed by atoms with E-state index in [1.807, 2.05) is 0 Å². The molecule has 1 heterocycles. The first-order valence-electron chi connectivity index (χ1n) is 8.05. The SMILES string of the molecule is CN(C)S(=O)(=O)c1cc(C(=O)NCc2cccnc2OCC(F)(F)F)ccc1F. The van der Waals surface area contributed by atoms with Crippen molar-refractivity contribution in [2.75, 3.05) is 20.7 Å². The van der Waals surface area contributed by atoms with Gasteiger partial charge in [0, 0.05) is 38.0 Å². The maximum absolute atomic E-state index is 13.9. The molecule has 0 spiro atoms. The first-order chi connectivity index (χ1) is 13.4. The molecule has 0 aliphatic rings. The molecule has 0 saturated carbocycles. The molecule has 0 aliphatic heterocycles. The Balaban J connectivity index is 2.17. The standard InChI is InChI=1S/C17H17F4N3O4S/c1-24(2)29(26,27)14-8-11(5-6-13(14)18)15(25)23-9-12-4-3-7-22-16(12)28-10-17(19,20)21/h3-8H,9-10H2,1-2H3,(H,23,25). The summed E-state index contributed by atoms with van der Waals surface area (Å²) in [5.41, 5.74) is 0.0295. The molecule has 2 rings (SSSR count). The van der Waals surface area contributed by atoms with Crippen LogP contribution in [0.15, 0.2) is 41.4 Å².